The molecule has 1 saturated heterocycles. The molecule has 0 aromatic heterocycles. The number of carbonyl (C=O) groups is 2. The summed E-state index contributed by atoms with van der Waals surface area (Å²) in [4.78, 5) is 26.0. The zero-order valence-corrected chi connectivity index (χ0v) is 15.4. The Bertz CT molecular complexity index is 968. The third-order valence-corrected chi connectivity index (χ3v) is 5.46. The van der Waals surface area contributed by atoms with Crippen LogP contribution >= 0.6 is 23.4 Å². The molecule has 27 heavy (non-hydrogen) atoms. The van der Waals surface area contributed by atoms with Gasteiger partial charge in [-0.2, -0.15) is 5.26 Å². The van der Waals surface area contributed by atoms with Crippen LogP contribution in [0.2, 0.25) is 5.02 Å². The van der Waals surface area contributed by atoms with Gasteiger partial charge in [-0.1, -0.05) is 35.5 Å². The average Bonchev–Trinajstić information content (AvgIpc) is 2.94. The van der Waals surface area contributed by atoms with E-state index in [2.05, 4.69) is 0 Å². The molecule has 2 N–H and O–H groups in total. The minimum absolute atomic E-state index is 0.185. The second kappa shape index (κ2) is 7.82. The van der Waals surface area contributed by atoms with E-state index in [-0.39, 0.29) is 22.3 Å². The Kier molecular flexibility index (Phi) is 5.49. The third-order valence-electron chi connectivity index (χ3n) is 3.94. The predicted molar refractivity (Wildman–Crippen MR) is 102 cm³/mol. The lowest BCUT2D eigenvalue weighted by atomic mass is 10.1. The summed E-state index contributed by atoms with van der Waals surface area (Å²) < 4.78 is 13.1. The van der Waals surface area contributed by atoms with E-state index in [0.717, 1.165) is 17.3 Å². The van der Waals surface area contributed by atoms with Crippen LogP contribution in [0.4, 0.5) is 10.1 Å². The smallest absolute Gasteiger partial charge is 0.262 e. The highest BCUT2D eigenvalue weighted by atomic mass is 35.5. The maximum atomic E-state index is 13.1. The summed E-state index contributed by atoms with van der Waals surface area (Å²) in [6.45, 7) is 0. The van der Waals surface area contributed by atoms with Gasteiger partial charge in [-0.3, -0.25) is 14.5 Å². The number of carbonyl (C=O) groups excluding carboxylic acids is 2. The highest BCUT2D eigenvalue weighted by Crippen LogP contribution is 2.42. The molecule has 136 valence electrons. The molecule has 0 saturated carbocycles. The van der Waals surface area contributed by atoms with Gasteiger partial charge in [-0.15, -0.1) is 0 Å². The number of primary amides is 1. The van der Waals surface area contributed by atoms with E-state index in [1.165, 1.54) is 17.0 Å². The van der Waals surface area contributed by atoms with Crippen LogP contribution in [0.3, 0.4) is 0 Å². The van der Waals surface area contributed by atoms with E-state index in [0.29, 0.717) is 17.1 Å². The molecule has 2 aromatic rings. The SMILES string of the molecule is N#CC(C(N)=O)=C1SC(Cc2ccc(F)cc2)C(=O)N1c1ccc(Cl)cc1. The van der Waals surface area contributed by atoms with E-state index < -0.39 is 11.2 Å². The number of amides is 2. The molecular weight excluding hydrogens is 389 g/mol. The van der Waals surface area contributed by atoms with Crippen molar-refractivity contribution >= 4 is 40.9 Å². The largest absolute Gasteiger partial charge is 0.365 e. The quantitative estimate of drug-likeness (QED) is 0.628. The van der Waals surface area contributed by atoms with Crippen LogP contribution in [-0.2, 0) is 16.0 Å². The molecule has 1 fully saturated rings. The van der Waals surface area contributed by atoms with Crippen molar-refractivity contribution in [2.75, 3.05) is 4.90 Å². The number of halogens is 2. The summed E-state index contributed by atoms with van der Waals surface area (Å²) in [6, 6.07) is 14.1. The van der Waals surface area contributed by atoms with E-state index in [9.17, 15) is 19.2 Å². The zero-order valence-electron chi connectivity index (χ0n) is 13.9. The maximum absolute atomic E-state index is 13.1. The van der Waals surface area contributed by atoms with Gasteiger partial charge >= 0.3 is 0 Å². The summed E-state index contributed by atoms with van der Waals surface area (Å²) in [6.07, 6.45) is 0.314. The van der Waals surface area contributed by atoms with Crippen molar-refractivity contribution in [3.8, 4) is 6.07 Å². The number of nitrogens with two attached hydrogens (primary N) is 1. The van der Waals surface area contributed by atoms with Gasteiger partial charge in [0, 0.05) is 10.7 Å². The minimum Gasteiger partial charge on any atom is -0.365 e. The molecule has 2 aromatic carbocycles. The molecule has 3 rings (SSSR count). The fourth-order valence-corrected chi connectivity index (χ4v) is 4.10. The molecule has 1 atom stereocenters. The zero-order chi connectivity index (χ0) is 19.6. The summed E-state index contributed by atoms with van der Waals surface area (Å²) in [7, 11) is 0. The molecule has 1 unspecified atom stereocenters. The van der Waals surface area contributed by atoms with Crippen molar-refractivity contribution in [1.82, 2.24) is 0 Å². The second-order valence-corrected chi connectivity index (χ2v) is 7.37. The van der Waals surface area contributed by atoms with Crippen molar-refractivity contribution in [2.24, 2.45) is 5.73 Å². The number of rotatable bonds is 4. The van der Waals surface area contributed by atoms with Gasteiger partial charge in [0.15, 0.2) is 0 Å². The summed E-state index contributed by atoms with van der Waals surface area (Å²) in [5.41, 5.74) is 6.27. The van der Waals surface area contributed by atoms with Crippen molar-refractivity contribution in [3.05, 3.63) is 75.5 Å². The molecule has 5 nitrogen and oxygen atoms in total. The number of thioether (sulfide) groups is 1. The highest BCUT2D eigenvalue weighted by molar-refractivity contribution is 8.05. The van der Waals surface area contributed by atoms with Gasteiger partial charge in [0.1, 0.15) is 22.5 Å². The topological polar surface area (TPSA) is 87.2 Å². The van der Waals surface area contributed by atoms with Gasteiger partial charge in [0.2, 0.25) is 5.91 Å². The Hall–Kier alpha value is -2.82. The number of hydrogen-bond acceptors (Lipinski definition) is 4. The monoisotopic (exact) mass is 401 g/mol. The van der Waals surface area contributed by atoms with Crippen LogP contribution in [0.25, 0.3) is 0 Å². The first-order valence-corrected chi connectivity index (χ1v) is 9.11. The summed E-state index contributed by atoms with van der Waals surface area (Å²) >= 11 is 6.99. The Labute approximate surface area is 164 Å². The number of nitriles is 1. The van der Waals surface area contributed by atoms with Gasteiger partial charge in [-0.25, -0.2) is 4.39 Å². The molecule has 0 bridgehead atoms. The summed E-state index contributed by atoms with van der Waals surface area (Å²) in [5.74, 6) is -1.57. The Morgan fingerprint density at radius 3 is 2.41 bits per heavy atom. The number of nitrogens with zero attached hydrogens (tertiary/aromatic N) is 2. The molecule has 8 heteroatoms. The molecular formula is C19H13ClFN3O2S. The van der Waals surface area contributed by atoms with E-state index in [1.54, 1.807) is 42.5 Å². The van der Waals surface area contributed by atoms with Crippen LogP contribution in [0.15, 0.2) is 59.1 Å². The lowest BCUT2D eigenvalue weighted by Crippen LogP contribution is -2.31. The van der Waals surface area contributed by atoms with Crippen LogP contribution in [-0.4, -0.2) is 17.1 Å². The third kappa shape index (κ3) is 3.97. The minimum atomic E-state index is -0.908. The molecule has 1 aliphatic heterocycles. The second-order valence-electron chi connectivity index (χ2n) is 5.74. The van der Waals surface area contributed by atoms with Crippen LogP contribution < -0.4 is 10.6 Å². The average molecular weight is 402 g/mol. The maximum Gasteiger partial charge on any atom is 0.262 e. The van der Waals surface area contributed by atoms with Gasteiger partial charge in [0.25, 0.3) is 5.91 Å². The fourth-order valence-electron chi connectivity index (χ4n) is 2.66. The first kappa shape index (κ1) is 19.0. The fraction of sp³-hybridized carbons (Fsp3) is 0.105. The van der Waals surface area contributed by atoms with Crippen molar-refractivity contribution in [1.29, 1.82) is 5.26 Å². The molecule has 2 amide bonds. The van der Waals surface area contributed by atoms with Crippen LogP contribution in [0.1, 0.15) is 5.56 Å². The summed E-state index contributed by atoms with van der Waals surface area (Å²) in [5, 5.41) is 9.43. The first-order chi connectivity index (χ1) is 12.9. The molecule has 1 heterocycles. The van der Waals surface area contributed by atoms with Crippen LogP contribution in [0.5, 0.6) is 0 Å². The number of hydrogen-bond donors (Lipinski definition) is 1. The van der Waals surface area contributed by atoms with Gasteiger partial charge < -0.3 is 5.73 Å². The number of benzene rings is 2. The normalized spacial score (nSPS) is 18.3. The van der Waals surface area contributed by atoms with Crippen LogP contribution in [0, 0.1) is 17.1 Å². The highest BCUT2D eigenvalue weighted by Gasteiger charge is 2.40. The van der Waals surface area contributed by atoms with Gasteiger partial charge in [0.05, 0.1) is 5.25 Å². The van der Waals surface area contributed by atoms with E-state index in [1.807, 2.05) is 0 Å². The Balaban J connectivity index is 2.01. The van der Waals surface area contributed by atoms with Crippen molar-refractivity contribution < 1.29 is 14.0 Å². The van der Waals surface area contributed by atoms with Crippen molar-refractivity contribution in [3.63, 3.8) is 0 Å². The Morgan fingerprint density at radius 2 is 1.85 bits per heavy atom. The van der Waals surface area contributed by atoms with Crippen molar-refractivity contribution in [2.45, 2.75) is 11.7 Å². The molecule has 0 spiro atoms. The van der Waals surface area contributed by atoms with E-state index in [4.69, 9.17) is 17.3 Å². The number of anilines is 1. The van der Waals surface area contributed by atoms with E-state index >= 15 is 0 Å². The lowest BCUT2D eigenvalue weighted by molar-refractivity contribution is -0.117. The van der Waals surface area contributed by atoms with Gasteiger partial charge in [-0.05, 0) is 48.4 Å². The Morgan fingerprint density at radius 1 is 1.22 bits per heavy atom. The first-order valence-electron chi connectivity index (χ1n) is 7.85. The molecule has 0 aliphatic carbocycles. The molecule has 1 aliphatic rings. The standard InChI is InChI=1S/C19H13ClFN3O2S/c20-12-3-7-14(8-4-12)24-18(26)16(9-11-1-5-13(21)6-2-11)27-19(24)15(10-22)17(23)25/h1-8,16H,9H2,(H2,23,25). The predicted octanol–water partition coefficient (Wildman–Crippen LogP) is 3.39. The molecule has 0 radical (unpaired) electrons. The lowest BCUT2D eigenvalue weighted by Gasteiger charge is -2.18.